The summed E-state index contributed by atoms with van der Waals surface area (Å²) in [5, 5.41) is 21.2. The highest BCUT2D eigenvalue weighted by atomic mass is 16.5. The van der Waals surface area contributed by atoms with Crippen LogP contribution >= 0.6 is 0 Å². The maximum Gasteiger partial charge on any atom is 0.260 e. The van der Waals surface area contributed by atoms with Crippen LogP contribution in [0.25, 0.3) is 0 Å². The van der Waals surface area contributed by atoms with Crippen molar-refractivity contribution in [2.45, 2.75) is 38.8 Å². The highest BCUT2D eigenvalue weighted by molar-refractivity contribution is 6.14. The van der Waals surface area contributed by atoms with Crippen molar-refractivity contribution < 1.29 is 19.4 Å². The van der Waals surface area contributed by atoms with Crippen LogP contribution in [0.2, 0.25) is 0 Å². The van der Waals surface area contributed by atoms with Crippen LogP contribution in [0, 0.1) is 19.3 Å². The fourth-order valence-electron chi connectivity index (χ4n) is 4.16. The number of aliphatic hydroxyl groups excluding tert-OH is 1. The quantitative estimate of drug-likeness (QED) is 0.477. The molecule has 0 unspecified atom stereocenters. The Morgan fingerprint density at radius 2 is 2.06 bits per heavy atom. The maximum absolute atomic E-state index is 13.3. The molecule has 1 saturated heterocycles. The van der Waals surface area contributed by atoms with Crippen LogP contribution in [-0.4, -0.2) is 60.4 Å². The molecule has 0 saturated carbocycles. The highest BCUT2D eigenvalue weighted by Crippen LogP contribution is 2.35. The second kappa shape index (κ2) is 9.50. The smallest absolute Gasteiger partial charge is 0.260 e. The lowest BCUT2D eigenvalue weighted by Crippen LogP contribution is -2.55. The molecular weight excluding hydrogens is 408 g/mol. The van der Waals surface area contributed by atoms with E-state index in [0.29, 0.717) is 37.4 Å². The Morgan fingerprint density at radius 1 is 1.28 bits per heavy atom. The van der Waals surface area contributed by atoms with Gasteiger partial charge in [-0.2, -0.15) is 5.10 Å². The zero-order valence-electron chi connectivity index (χ0n) is 18.3. The van der Waals surface area contributed by atoms with Crippen LogP contribution in [0.4, 0.5) is 5.69 Å². The van der Waals surface area contributed by atoms with E-state index in [1.54, 1.807) is 4.90 Å². The van der Waals surface area contributed by atoms with Gasteiger partial charge in [0.2, 0.25) is 0 Å². The van der Waals surface area contributed by atoms with Crippen LogP contribution in [0.5, 0.6) is 5.75 Å². The van der Waals surface area contributed by atoms with Gasteiger partial charge < -0.3 is 20.0 Å². The van der Waals surface area contributed by atoms with E-state index in [0.717, 1.165) is 34.2 Å². The normalized spacial score (nSPS) is 20.7. The number of carbonyl (C=O) groups excluding carboxylic acids is 1. The van der Waals surface area contributed by atoms with Gasteiger partial charge in [0.1, 0.15) is 5.75 Å². The van der Waals surface area contributed by atoms with Gasteiger partial charge in [-0.1, -0.05) is 12.1 Å². The minimum absolute atomic E-state index is 0.117. The number of rotatable bonds is 6. The molecular formula is C24H28N4O4. The Bertz CT molecular complexity index is 1040. The molecule has 4 rings (SSSR count). The molecule has 0 aliphatic carbocycles. The van der Waals surface area contributed by atoms with Gasteiger partial charge in [0.25, 0.3) is 5.91 Å². The van der Waals surface area contributed by atoms with E-state index in [4.69, 9.17) is 14.9 Å². The molecule has 168 valence electrons. The Morgan fingerprint density at radius 3 is 2.78 bits per heavy atom. The third-order valence-corrected chi connectivity index (χ3v) is 6.17. The predicted octanol–water partition coefficient (Wildman–Crippen LogP) is 2.88. The SMILES string of the molecule is Cc1c(Cc2ccc(N/N=C\C=N)cc2)cc2c(c1C)OCN([C@H]1COCC[C@@H]1O)C2=O. The van der Waals surface area contributed by atoms with Crippen LogP contribution in [0.3, 0.4) is 0 Å². The largest absolute Gasteiger partial charge is 0.472 e. The molecule has 2 aromatic carbocycles. The molecule has 2 aliphatic rings. The standard InChI is InChI=1S/C24H28N4O4/c1-15-16(2)23-20(24(30)28(14-32-23)21-13-31-10-7-22(21)29)12-18(15)11-17-3-5-19(6-4-17)27-26-9-8-25/h3-6,8-9,12,21-22,25,27,29H,7,10-11,13-14H2,1-2H3/b25-8?,26-9-/t21-,22-/m0/s1. The van der Waals surface area contributed by atoms with E-state index in [1.807, 2.05) is 44.2 Å². The summed E-state index contributed by atoms with van der Waals surface area (Å²) < 4.78 is 11.5. The summed E-state index contributed by atoms with van der Waals surface area (Å²) in [4.78, 5) is 14.9. The first-order chi connectivity index (χ1) is 15.5. The van der Waals surface area contributed by atoms with Crippen molar-refractivity contribution in [1.29, 1.82) is 5.41 Å². The topological polar surface area (TPSA) is 107 Å². The zero-order chi connectivity index (χ0) is 22.7. The fourth-order valence-corrected chi connectivity index (χ4v) is 4.16. The number of ether oxygens (including phenoxy) is 2. The predicted molar refractivity (Wildman–Crippen MR) is 123 cm³/mol. The minimum Gasteiger partial charge on any atom is -0.472 e. The molecule has 1 amide bonds. The van der Waals surface area contributed by atoms with E-state index < -0.39 is 12.1 Å². The summed E-state index contributed by atoms with van der Waals surface area (Å²) in [5.74, 6) is 0.496. The van der Waals surface area contributed by atoms with Gasteiger partial charge in [-0.3, -0.25) is 15.1 Å². The molecule has 0 bridgehead atoms. The maximum atomic E-state index is 13.3. The van der Waals surface area contributed by atoms with Crippen LogP contribution in [-0.2, 0) is 11.2 Å². The number of nitrogens with one attached hydrogen (secondary N) is 2. The van der Waals surface area contributed by atoms with Crippen LogP contribution in [0.15, 0.2) is 35.4 Å². The number of hydrogen-bond acceptors (Lipinski definition) is 7. The second-order valence-corrected chi connectivity index (χ2v) is 8.14. The van der Waals surface area contributed by atoms with Crippen molar-refractivity contribution in [3.05, 3.63) is 58.1 Å². The molecule has 3 N–H and O–H groups in total. The molecule has 32 heavy (non-hydrogen) atoms. The third-order valence-electron chi connectivity index (χ3n) is 6.17. The molecule has 2 atom stereocenters. The Hall–Kier alpha value is -3.23. The van der Waals surface area contributed by atoms with Crippen molar-refractivity contribution in [3.8, 4) is 5.75 Å². The van der Waals surface area contributed by atoms with Gasteiger partial charge in [0.15, 0.2) is 6.73 Å². The van der Waals surface area contributed by atoms with Gasteiger partial charge in [0.05, 0.1) is 36.2 Å². The molecule has 1 fully saturated rings. The van der Waals surface area contributed by atoms with Crippen molar-refractivity contribution in [1.82, 2.24) is 4.90 Å². The first kappa shape index (κ1) is 22.0. The first-order valence-electron chi connectivity index (χ1n) is 10.7. The molecule has 0 spiro atoms. The van der Waals surface area contributed by atoms with Crippen LogP contribution < -0.4 is 10.2 Å². The number of anilines is 1. The highest BCUT2D eigenvalue weighted by Gasteiger charge is 2.37. The van der Waals surface area contributed by atoms with Crippen molar-refractivity contribution >= 4 is 24.0 Å². The average Bonchev–Trinajstić information content (AvgIpc) is 2.80. The number of fused-ring (bicyclic) bond motifs is 1. The van der Waals surface area contributed by atoms with E-state index in [1.165, 1.54) is 6.21 Å². The average molecular weight is 437 g/mol. The number of nitrogens with zero attached hydrogens (tertiary/aromatic N) is 2. The number of benzene rings is 2. The van der Waals surface area contributed by atoms with Gasteiger partial charge >= 0.3 is 0 Å². The van der Waals surface area contributed by atoms with Crippen molar-refractivity contribution in [2.24, 2.45) is 5.10 Å². The van der Waals surface area contributed by atoms with E-state index in [9.17, 15) is 9.90 Å². The lowest BCUT2D eigenvalue weighted by molar-refractivity contribution is -0.0697. The molecule has 8 nitrogen and oxygen atoms in total. The third kappa shape index (κ3) is 4.37. The van der Waals surface area contributed by atoms with Crippen molar-refractivity contribution in [2.75, 3.05) is 25.4 Å². The molecule has 2 aliphatic heterocycles. The lowest BCUT2D eigenvalue weighted by Gasteiger charge is -2.40. The number of carbonyl (C=O) groups is 1. The number of aliphatic hydroxyl groups is 1. The van der Waals surface area contributed by atoms with Gasteiger partial charge in [-0.25, -0.2) is 0 Å². The van der Waals surface area contributed by atoms with Gasteiger partial charge in [-0.15, -0.1) is 0 Å². The molecule has 0 radical (unpaired) electrons. The summed E-state index contributed by atoms with van der Waals surface area (Å²) in [7, 11) is 0. The van der Waals surface area contributed by atoms with E-state index >= 15 is 0 Å². The molecule has 2 aromatic rings. The summed E-state index contributed by atoms with van der Waals surface area (Å²) in [6.07, 6.45) is 3.05. The van der Waals surface area contributed by atoms with Gasteiger partial charge in [0, 0.05) is 12.8 Å². The number of hydrazone groups is 1. The summed E-state index contributed by atoms with van der Waals surface area (Å²) in [6.45, 7) is 4.96. The molecule has 2 heterocycles. The van der Waals surface area contributed by atoms with E-state index in [-0.39, 0.29) is 12.6 Å². The summed E-state index contributed by atoms with van der Waals surface area (Å²) >= 11 is 0. The zero-order valence-corrected chi connectivity index (χ0v) is 18.3. The number of amides is 1. The molecule has 8 heteroatoms. The molecule has 0 aromatic heterocycles. The van der Waals surface area contributed by atoms with Crippen molar-refractivity contribution in [3.63, 3.8) is 0 Å². The first-order valence-corrected chi connectivity index (χ1v) is 10.7. The van der Waals surface area contributed by atoms with Crippen LogP contribution in [0.1, 0.15) is 39.0 Å². The second-order valence-electron chi connectivity index (χ2n) is 8.14. The Labute approximate surface area is 187 Å². The van der Waals surface area contributed by atoms with Gasteiger partial charge in [-0.05, 0) is 67.1 Å². The monoisotopic (exact) mass is 436 g/mol. The fraction of sp³-hybridized carbons (Fsp3) is 0.375. The number of hydrogen-bond donors (Lipinski definition) is 3. The minimum atomic E-state index is -0.612. The Balaban J connectivity index is 1.57. The Kier molecular flexibility index (Phi) is 6.53. The summed E-state index contributed by atoms with van der Waals surface area (Å²) in [5.41, 5.74) is 8.45. The van der Waals surface area contributed by atoms with E-state index in [2.05, 4.69) is 10.5 Å². The lowest BCUT2D eigenvalue weighted by atomic mass is 9.92. The summed E-state index contributed by atoms with van der Waals surface area (Å²) in [6, 6.07) is 9.40.